The van der Waals surface area contributed by atoms with E-state index < -0.39 is 0 Å². The minimum Gasteiger partial charge on any atom is -0.493 e. The molecule has 7 heteroatoms. The minimum absolute atomic E-state index is 0.132. The summed E-state index contributed by atoms with van der Waals surface area (Å²) in [6.07, 6.45) is 1.55. The average Bonchev–Trinajstić information content (AvgIpc) is 3.26. The van der Waals surface area contributed by atoms with E-state index in [0.29, 0.717) is 33.2 Å². The smallest absolute Gasteiger partial charge is 0.257 e. The number of carbonyl (C=O) groups is 1. The number of methoxy groups -OCH3 is 1. The number of amides is 1. The van der Waals surface area contributed by atoms with Gasteiger partial charge in [-0.05, 0) is 36.4 Å². The Kier molecular flexibility index (Phi) is 5.35. The maximum absolute atomic E-state index is 12.9. The summed E-state index contributed by atoms with van der Waals surface area (Å²) in [6, 6.07) is 17.8. The van der Waals surface area contributed by atoms with E-state index in [-0.39, 0.29) is 23.6 Å². The van der Waals surface area contributed by atoms with Gasteiger partial charge in [0, 0.05) is 5.39 Å². The van der Waals surface area contributed by atoms with Gasteiger partial charge >= 0.3 is 0 Å². The Morgan fingerprint density at radius 1 is 1.14 bits per heavy atom. The zero-order chi connectivity index (χ0) is 20.2. The van der Waals surface area contributed by atoms with Crippen LogP contribution >= 0.6 is 11.6 Å². The van der Waals surface area contributed by atoms with Crippen molar-refractivity contribution in [2.45, 2.75) is 6.54 Å². The van der Waals surface area contributed by atoms with Crippen molar-refractivity contribution in [3.63, 3.8) is 0 Å². The van der Waals surface area contributed by atoms with E-state index in [2.05, 4.69) is 10.3 Å². The molecule has 0 spiro atoms. The van der Waals surface area contributed by atoms with Crippen LogP contribution in [0.2, 0.25) is 5.02 Å². The number of nitrogens with zero attached hydrogens (tertiary/aromatic N) is 1. The number of hydrogen-bond acceptors (Lipinski definition) is 5. The van der Waals surface area contributed by atoms with Gasteiger partial charge in [-0.15, -0.1) is 0 Å². The second-order valence-electron chi connectivity index (χ2n) is 6.17. The van der Waals surface area contributed by atoms with Gasteiger partial charge in [0.25, 0.3) is 5.91 Å². The zero-order valence-corrected chi connectivity index (χ0v) is 16.3. The molecule has 4 rings (SSSR count). The molecule has 6 nitrogen and oxygen atoms in total. The van der Waals surface area contributed by atoms with E-state index in [1.807, 2.05) is 18.2 Å². The monoisotopic (exact) mass is 408 g/mol. The lowest BCUT2D eigenvalue weighted by atomic mass is 10.1. The van der Waals surface area contributed by atoms with Crippen molar-refractivity contribution in [2.24, 2.45) is 4.99 Å². The van der Waals surface area contributed by atoms with Crippen LogP contribution < -0.4 is 15.6 Å². The largest absolute Gasteiger partial charge is 0.493 e. The van der Waals surface area contributed by atoms with Crippen LogP contribution in [0.3, 0.4) is 0 Å². The number of benzene rings is 2. The van der Waals surface area contributed by atoms with Crippen LogP contribution in [0.4, 0.5) is 5.69 Å². The van der Waals surface area contributed by atoms with Gasteiger partial charge in [0.1, 0.15) is 11.3 Å². The van der Waals surface area contributed by atoms with Crippen molar-refractivity contribution in [1.29, 1.82) is 0 Å². The van der Waals surface area contributed by atoms with Gasteiger partial charge in [0.2, 0.25) is 5.55 Å². The number of furan rings is 1. The highest BCUT2D eigenvalue weighted by atomic mass is 35.5. The van der Waals surface area contributed by atoms with Crippen LogP contribution in [0.1, 0.15) is 16.1 Å². The number of para-hydroxylation sites is 2. The topological polar surface area (TPSA) is 77.0 Å². The van der Waals surface area contributed by atoms with Gasteiger partial charge in [-0.1, -0.05) is 35.9 Å². The molecule has 1 amide bonds. The van der Waals surface area contributed by atoms with E-state index in [9.17, 15) is 4.79 Å². The van der Waals surface area contributed by atoms with Crippen molar-refractivity contribution in [3.05, 3.63) is 88.8 Å². The average molecular weight is 409 g/mol. The highest BCUT2D eigenvalue weighted by molar-refractivity contribution is 6.32. The van der Waals surface area contributed by atoms with Crippen molar-refractivity contribution < 1.29 is 18.4 Å². The molecular weight excluding hydrogens is 392 g/mol. The molecule has 0 saturated heterocycles. The molecular formula is C22H17ClN2O4. The van der Waals surface area contributed by atoms with E-state index in [0.717, 1.165) is 0 Å². The number of nitrogens with one attached hydrogen (secondary N) is 1. The number of hydrogen-bond donors (Lipinski definition) is 1. The molecule has 2 aromatic carbocycles. The molecule has 2 aromatic heterocycles. The third kappa shape index (κ3) is 4.02. The first kappa shape index (κ1) is 18.8. The lowest BCUT2D eigenvalue weighted by molar-refractivity contribution is 0.0944. The Labute approximate surface area is 171 Å². The van der Waals surface area contributed by atoms with Crippen molar-refractivity contribution in [1.82, 2.24) is 5.32 Å². The summed E-state index contributed by atoms with van der Waals surface area (Å²) in [5, 5.41) is 3.98. The molecule has 146 valence electrons. The number of rotatable bonds is 5. The Morgan fingerprint density at radius 3 is 2.76 bits per heavy atom. The zero-order valence-electron chi connectivity index (χ0n) is 15.5. The second kappa shape index (κ2) is 8.24. The van der Waals surface area contributed by atoms with Crippen LogP contribution in [0.5, 0.6) is 5.75 Å². The molecule has 4 aromatic rings. The lowest BCUT2D eigenvalue weighted by Gasteiger charge is -2.08. The van der Waals surface area contributed by atoms with E-state index in [1.54, 1.807) is 55.8 Å². The third-order valence-corrected chi connectivity index (χ3v) is 4.60. The van der Waals surface area contributed by atoms with Crippen LogP contribution in [-0.4, -0.2) is 13.0 Å². The van der Waals surface area contributed by atoms with Crippen LogP contribution in [0.15, 0.2) is 80.8 Å². The molecule has 0 aliphatic rings. The van der Waals surface area contributed by atoms with Gasteiger partial charge in [-0.25, -0.2) is 4.99 Å². The molecule has 0 bridgehead atoms. The first-order valence-electron chi connectivity index (χ1n) is 8.86. The number of carbonyl (C=O) groups excluding carboxylic acids is 1. The van der Waals surface area contributed by atoms with E-state index >= 15 is 0 Å². The standard InChI is InChI=1S/C22H17ClN2O4/c1-27-19-10-4-6-14-12-16(21(26)24-13-15-7-5-11-28-15)22(29-20(14)19)25-18-9-3-2-8-17(18)23/h2-12H,13H2,1H3,(H,24,26). The number of halogens is 1. The lowest BCUT2D eigenvalue weighted by Crippen LogP contribution is -2.28. The fourth-order valence-electron chi connectivity index (χ4n) is 2.86. The summed E-state index contributed by atoms with van der Waals surface area (Å²) in [4.78, 5) is 17.4. The fraction of sp³-hybridized carbons (Fsp3) is 0.0909. The van der Waals surface area contributed by atoms with Crippen LogP contribution in [0, 0.1) is 0 Å². The van der Waals surface area contributed by atoms with Crippen LogP contribution in [-0.2, 0) is 6.54 Å². The molecule has 0 atom stereocenters. The van der Waals surface area contributed by atoms with E-state index in [4.69, 9.17) is 25.2 Å². The molecule has 0 aliphatic heterocycles. The molecule has 0 unspecified atom stereocenters. The number of fused-ring (bicyclic) bond motifs is 1. The first-order chi connectivity index (χ1) is 14.2. The van der Waals surface area contributed by atoms with E-state index in [1.165, 1.54) is 0 Å². The summed E-state index contributed by atoms with van der Waals surface area (Å²) in [6.45, 7) is 0.244. The molecule has 29 heavy (non-hydrogen) atoms. The van der Waals surface area contributed by atoms with Gasteiger partial charge in [0.15, 0.2) is 11.3 Å². The highest BCUT2D eigenvalue weighted by Gasteiger charge is 2.15. The summed E-state index contributed by atoms with van der Waals surface area (Å²) in [5.41, 5.74) is 1.39. The van der Waals surface area contributed by atoms with Crippen molar-refractivity contribution in [3.8, 4) is 5.75 Å². The Bertz CT molecular complexity index is 1230. The molecule has 0 aliphatic carbocycles. The summed E-state index contributed by atoms with van der Waals surface area (Å²) in [5.74, 6) is 0.837. The van der Waals surface area contributed by atoms with Crippen LogP contribution in [0.25, 0.3) is 11.0 Å². The molecule has 0 fully saturated rings. The van der Waals surface area contributed by atoms with Crippen molar-refractivity contribution >= 4 is 34.2 Å². The second-order valence-corrected chi connectivity index (χ2v) is 6.58. The molecule has 1 N–H and O–H groups in total. The number of ether oxygens (including phenoxy) is 1. The van der Waals surface area contributed by atoms with Gasteiger partial charge in [-0.3, -0.25) is 4.79 Å². The predicted octanol–water partition coefficient (Wildman–Crippen LogP) is 4.85. The maximum Gasteiger partial charge on any atom is 0.257 e. The van der Waals surface area contributed by atoms with Crippen molar-refractivity contribution in [2.75, 3.05) is 7.11 Å². The normalized spacial score (nSPS) is 11.6. The predicted molar refractivity (Wildman–Crippen MR) is 109 cm³/mol. The molecule has 2 heterocycles. The highest BCUT2D eigenvalue weighted by Crippen LogP contribution is 2.26. The Balaban J connectivity index is 1.84. The summed E-state index contributed by atoms with van der Waals surface area (Å²) < 4.78 is 16.6. The Morgan fingerprint density at radius 2 is 2.00 bits per heavy atom. The minimum atomic E-state index is -0.347. The fourth-order valence-corrected chi connectivity index (χ4v) is 3.04. The summed E-state index contributed by atoms with van der Waals surface area (Å²) >= 11 is 6.24. The van der Waals surface area contributed by atoms with Gasteiger partial charge < -0.3 is 18.9 Å². The molecule has 0 saturated carbocycles. The third-order valence-electron chi connectivity index (χ3n) is 4.28. The molecule has 0 radical (unpaired) electrons. The maximum atomic E-state index is 12.9. The quantitative estimate of drug-likeness (QED) is 0.512. The summed E-state index contributed by atoms with van der Waals surface area (Å²) in [7, 11) is 1.55. The van der Waals surface area contributed by atoms with Gasteiger partial charge in [-0.2, -0.15) is 0 Å². The van der Waals surface area contributed by atoms with Gasteiger partial charge in [0.05, 0.1) is 30.6 Å². The SMILES string of the molecule is COc1cccc2cc(C(=O)NCc3ccco3)c(=Nc3ccccc3Cl)oc12. The first-order valence-corrected chi connectivity index (χ1v) is 9.24. The Hall–Kier alpha value is -3.51.